The second-order valence-corrected chi connectivity index (χ2v) is 6.53. The Labute approximate surface area is 131 Å². The maximum atomic E-state index is 12.2. The van der Waals surface area contributed by atoms with Crippen LogP contribution in [0.4, 0.5) is 5.82 Å². The first kappa shape index (κ1) is 15.8. The molecule has 0 unspecified atom stereocenters. The van der Waals surface area contributed by atoms with Crippen LogP contribution in [0.25, 0.3) is 0 Å². The average Bonchev–Trinajstić information content (AvgIpc) is 2.83. The fourth-order valence-corrected chi connectivity index (χ4v) is 3.58. The zero-order chi connectivity index (χ0) is 15.7. The van der Waals surface area contributed by atoms with E-state index in [1.807, 2.05) is 16.7 Å². The van der Waals surface area contributed by atoms with E-state index in [9.17, 15) is 15.0 Å². The molecule has 4 atom stereocenters. The number of aliphatic hydroxyl groups excluding tert-OH is 3. The van der Waals surface area contributed by atoms with Gasteiger partial charge in [-0.2, -0.15) is 16.7 Å². The fourth-order valence-electron chi connectivity index (χ4n) is 2.68. The molecule has 1 aromatic heterocycles. The molecule has 3 rings (SSSR count). The van der Waals surface area contributed by atoms with E-state index in [1.165, 1.54) is 6.20 Å². The lowest BCUT2D eigenvalue weighted by atomic mass is 10.1. The van der Waals surface area contributed by atoms with Crippen LogP contribution >= 0.6 is 11.8 Å². The van der Waals surface area contributed by atoms with Gasteiger partial charge in [-0.1, -0.05) is 0 Å². The van der Waals surface area contributed by atoms with E-state index < -0.39 is 36.8 Å². The first-order valence-electron chi connectivity index (χ1n) is 7.16. The molecule has 9 heteroatoms. The molecule has 22 heavy (non-hydrogen) atoms. The third kappa shape index (κ3) is 2.86. The molecule has 2 fully saturated rings. The lowest BCUT2D eigenvalue weighted by Crippen LogP contribution is -2.38. The van der Waals surface area contributed by atoms with Crippen molar-refractivity contribution >= 4 is 17.6 Å². The summed E-state index contributed by atoms with van der Waals surface area (Å²) in [5.74, 6) is 2.60. The number of rotatable bonds is 3. The average molecular weight is 329 g/mol. The van der Waals surface area contributed by atoms with Crippen molar-refractivity contribution in [2.75, 3.05) is 36.1 Å². The summed E-state index contributed by atoms with van der Waals surface area (Å²) in [6.45, 7) is 1.25. The molecule has 0 spiro atoms. The number of hydrogen-bond donors (Lipinski definition) is 3. The first-order valence-corrected chi connectivity index (χ1v) is 8.31. The van der Waals surface area contributed by atoms with E-state index in [4.69, 9.17) is 9.84 Å². The molecule has 2 aliphatic heterocycles. The maximum absolute atomic E-state index is 12.2. The van der Waals surface area contributed by atoms with E-state index in [0.717, 1.165) is 29.2 Å². The quantitative estimate of drug-likeness (QED) is 0.609. The summed E-state index contributed by atoms with van der Waals surface area (Å²) in [6.07, 6.45) is -2.97. The Morgan fingerprint density at radius 1 is 1.32 bits per heavy atom. The van der Waals surface area contributed by atoms with Gasteiger partial charge in [-0.05, 0) is 6.07 Å². The van der Waals surface area contributed by atoms with Gasteiger partial charge in [0.05, 0.1) is 6.61 Å². The van der Waals surface area contributed by atoms with Crippen LogP contribution in [0.15, 0.2) is 17.1 Å². The normalized spacial score (nSPS) is 32.4. The Balaban J connectivity index is 1.82. The second kappa shape index (κ2) is 6.55. The molecule has 3 heterocycles. The molecular formula is C13H19N3O5S. The van der Waals surface area contributed by atoms with E-state index in [0.29, 0.717) is 5.82 Å². The minimum Gasteiger partial charge on any atom is -0.394 e. The van der Waals surface area contributed by atoms with Gasteiger partial charge in [-0.15, -0.1) is 0 Å². The smallest absolute Gasteiger partial charge is 0.351 e. The number of nitrogens with zero attached hydrogens (tertiary/aromatic N) is 3. The summed E-state index contributed by atoms with van der Waals surface area (Å²) < 4.78 is 6.49. The molecular weight excluding hydrogens is 310 g/mol. The zero-order valence-electron chi connectivity index (χ0n) is 11.9. The molecule has 3 N–H and O–H groups in total. The molecule has 8 nitrogen and oxygen atoms in total. The topological polar surface area (TPSA) is 108 Å². The minimum absolute atomic E-state index is 0.430. The monoisotopic (exact) mass is 329 g/mol. The summed E-state index contributed by atoms with van der Waals surface area (Å²) >= 11 is 1.87. The van der Waals surface area contributed by atoms with Crippen LogP contribution < -0.4 is 10.6 Å². The Bertz CT molecular complexity index is 577. The highest BCUT2D eigenvalue weighted by molar-refractivity contribution is 7.99. The van der Waals surface area contributed by atoms with E-state index in [2.05, 4.69) is 4.98 Å². The van der Waals surface area contributed by atoms with Gasteiger partial charge in [0.2, 0.25) is 0 Å². The molecule has 0 amide bonds. The van der Waals surface area contributed by atoms with Crippen molar-refractivity contribution in [2.45, 2.75) is 24.5 Å². The third-order valence-electron chi connectivity index (χ3n) is 3.94. The lowest BCUT2D eigenvalue weighted by molar-refractivity contribution is -0.0549. The van der Waals surface area contributed by atoms with Crippen molar-refractivity contribution in [3.63, 3.8) is 0 Å². The summed E-state index contributed by atoms with van der Waals surface area (Å²) in [7, 11) is 0. The molecule has 0 radical (unpaired) electrons. The van der Waals surface area contributed by atoms with Crippen LogP contribution in [0.2, 0.25) is 0 Å². The van der Waals surface area contributed by atoms with Crippen LogP contribution in [0, 0.1) is 0 Å². The molecule has 1 aromatic rings. The van der Waals surface area contributed by atoms with E-state index in [-0.39, 0.29) is 0 Å². The molecule has 0 bridgehead atoms. The number of thioether (sulfide) groups is 1. The number of aromatic nitrogens is 2. The predicted molar refractivity (Wildman–Crippen MR) is 81.0 cm³/mol. The van der Waals surface area contributed by atoms with Gasteiger partial charge >= 0.3 is 5.69 Å². The third-order valence-corrected chi connectivity index (χ3v) is 4.88. The van der Waals surface area contributed by atoms with Gasteiger partial charge in [-0.3, -0.25) is 4.57 Å². The summed E-state index contributed by atoms with van der Waals surface area (Å²) in [5, 5.41) is 28.8. The number of aliphatic hydroxyl groups is 3. The lowest BCUT2D eigenvalue weighted by Gasteiger charge is -2.27. The largest absolute Gasteiger partial charge is 0.394 e. The Kier molecular flexibility index (Phi) is 4.69. The summed E-state index contributed by atoms with van der Waals surface area (Å²) in [5.41, 5.74) is -0.550. The highest BCUT2D eigenvalue weighted by Gasteiger charge is 2.43. The van der Waals surface area contributed by atoms with Gasteiger partial charge in [0.15, 0.2) is 6.23 Å². The van der Waals surface area contributed by atoms with Gasteiger partial charge in [0.1, 0.15) is 24.1 Å². The summed E-state index contributed by atoms with van der Waals surface area (Å²) in [6, 6.07) is 1.70. The number of anilines is 1. The van der Waals surface area contributed by atoms with Crippen LogP contribution in [-0.2, 0) is 4.74 Å². The zero-order valence-corrected chi connectivity index (χ0v) is 12.7. The predicted octanol–water partition coefficient (Wildman–Crippen LogP) is -1.59. The van der Waals surface area contributed by atoms with Crippen LogP contribution in [-0.4, -0.2) is 74.4 Å². The molecule has 0 aromatic carbocycles. The Hall–Kier alpha value is -1.13. The van der Waals surface area contributed by atoms with Crippen LogP contribution in [0.1, 0.15) is 6.23 Å². The Morgan fingerprint density at radius 2 is 2.05 bits per heavy atom. The second-order valence-electron chi connectivity index (χ2n) is 5.30. The fraction of sp³-hybridized carbons (Fsp3) is 0.692. The van der Waals surface area contributed by atoms with Gasteiger partial charge in [-0.25, -0.2) is 4.79 Å². The van der Waals surface area contributed by atoms with E-state index in [1.54, 1.807) is 6.07 Å². The maximum Gasteiger partial charge on any atom is 0.351 e. The molecule has 0 saturated carbocycles. The van der Waals surface area contributed by atoms with Gasteiger partial charge < -0.3 is 25.0 Å². The van der Waals surface area contributed by atoms with Crippen molar-refractivity contribution in [3.05, 3.63) is 22.7 Å². The van der Waals surface area contributed by atoms with Gasteiger partial charge in [0, 0.05) is 30.8 Å². The van der Waals surface area contributed by atoms with Crippen LogP contribution in [0.3, 0.4) is 0 Å². The molecule has 122 valence electrons. The standard InChI is InChI=1S/C13H19N3O5S/c17-7-8-10(18)11(19)12(21-8)16-2-1-9(14-13(16)20)15-3-5-22-6-4-15/h1-2,8,10-12,17-19H,3-7H2/t8-,10+,11-,12+/m0/s1. The first-order chi connectivity index (χ1) is 10.6. The molecule has 2 aliphatic rings. The number of hydrogen-bond acceptors (Lipinski definition) is 8. The number of ether oxygens (including phenoxy) is 1. The van der Waals surface area contributed by atoms with Crippen molar-refractivity contribution in [1.82, 2.24) is 9.55 Å². The minimum atomic E-state index is -1.28. The Morgan fingerprint density at radius 3 is 2.64 bits per heavy atom. The van der Waals surface area contributed by atoms with Crippen molar-refractivity contribution in [2.24, 2.45) is 0 Å². The van der Waals surface area contributed by atoms with Crippen molar-refractivity contribution < 1.29 is 20.1 Å². The summed E-state index contributed by atoms with van der Waals surface area (Å²) in [4.78, 5) is 18.3. The van der Waals surface area contributed by atoms with Gasteiger partial charge in [0.25, 0.3) is 0 Å². The van der Waals surface area contributed by atoms with Crippen molar-refractivity contribution in [3.8, 4) is 0 Å². The molecule has 0 aliphatic carbocycles. The van der Waals surface area contributed by atoms with Crippen LogP contribution in [0.5, 0.6) is 0 Å². The molecule has 2 saturated heterocycles. The SMILES string of the molecule is O=c1nc(N2CCSCC2)ccn1[C@@H]1O[C@@H](CO)[C@@H](O)[C@@H]1O. The van der Waals surface area contributed by atoms with E-state index >= 15 is 0 Å². The highest BCUT2D eigenvalue weighted by atomic mass is 32.2. The highest BCUT2D eigenvalue weighted by Crippen LogP contribution is 2.28. The van der Waals surface area contributed by atoms with Crippen molar-refractivity contribution in [1.29, 1.82) is 0 Å².